The molecule has 0 aliphatic rings. The lowest BCUT2D eigenvalue weighted by molar-refractivity contribution is -0.123. The first-order valence-electron chi connectivity index (χ1n) is 9.19. The Hall–Kier alpha value is -3.32. The second kappa shape index (κ2) is 11.0. The minimum atomic E-state index is -0.366. The van der Waals surface area contributed by atoms with Crippen molar-refractivity contribution in [1.29, 1.82) is 0 Å². The van der Waals surface area contributed by atoms with E-state index >= 15 is 0 Å². The molecule has 0 aliphatic heterocycles. The SMILES string of the molecule is COc1ccc(Br)c(/C=N/NC(=O)COc2ccc(OCc3ccccc3)cc2)c1. The maximum atomic E-state index is 11.9. The summed E-state index contributed by atoms with van der Waals surface area (Å²) in [6.07, 6.45) is 1.53. The molecule has 7 heteroatoms. The molecule has 0 unspecified atom stereocenters. The van der Waals surface area contributed by atoms with E-state index in [1.165, 1.54) is 6.21 Å². The predicted octanol–water partition coefficient (Wildman–Crippen LogP) is 4.57. The summed E-state index contributed by atoms with van der Waals surface area (Å²) in [5, 5.41) is 3.95. The third-order valence-electron chi connectivity index (χ3n) is 4.04. The van der Waals surface area contributed by atoms with E-state index in [0.29, 0.717) is 18.1 Å². The Labute approximate surface area is 183 Å². The van der Waals surface area contributed by atoms with Crippen LogP contribution in [0.1, 0.15) is 11.1 Å². The van der Waals surface area contributed by atoms with E-state index < -0.39 is 0 Å². The molecule has 0 bridgehead atoms. The molecule has 6 nitrogen and oxygen atoms in total. The van der Waals surface area contributed by atoms with Crippen LogP contribution in [-0.4, -0.2) is 25.8 Å². The fourth-order valence-electron chi connectivity index (χ4n) is 2.48. The number of hydrazone groups is 1. The van der Waals surface area contributed by atoms with Gasteiger partial charge in [-0.25, -0.2) is 5.43 Å². The zero-order chi connectivity index (χ0) is 21.2. The minimum absolute atomic E-state index is 0.152. The zero-order valence-electron chi connectivity index (χ0n) is 16.4. The molecule has 0 spiro atoms. The molecule has 0 saturated heterocycles. The number of carbonyl (C=O) groups is 1. The summed E-state index contributed by atoms with van der Waals surface area (Å²) < 4.78 is 17.2. The minimum Gasteiger partial charge on any atom is -0.497 e. The van der Waals surface area contributed by atoms with Gasteiger partial charge < -0.3 is 14.2 Å². The zero-order valence-corrected chi connectivity index (χ0v) is 18.0. The molecule has 3 rings (SSSR count). The van der Waals surface area contributed by atoms with Gasteiger partial charge in [0.15, 0.2) is 6.61 Å². The van der Waals surface area contributed by atoms with Crippen LogP contribution in [-0.2, 0) is 11.4 Å². The highest BCUT2D eigenvalue weighted by Crippen LogP contribution is 2.21. The highest BCUT2D eigenvalue weighted by molar-refractivity contribution is 9.10. The lowest BCUT2D eigenvalue weighted by Gasteiger charge is -2.08. The van der Waals surface area contributed by atoms with Crippen LogP contribution in [0.4, 0.5) is 0 Å². The summed E-state index contributed by atoms with van der Waals surface area (Å²) in [6, 6.07) is 22.5. The Morgan fingerprint density at radius 1 is 0.967 bits per heavy atom. The number of nitrogens with zero attached hydrogens (tertiary/aromatic N) is 1. The Morgan fingerprint density at radius 3 is 2.33 bits per heavy atom. The number of benzene rings is 3. The monoisotopic (exact) mass is 468 g/mol. The van der Waals surface area contributed by atoms with E-state index in [4.69, 9.17) is 14.2 Å². The summed E-state index contributed by atoms with van der Waals surface area (Å²) in [5.41, 5.74) is 4.31. The molecule has 0 radical (unpaired) electrons. The number of methoxy groups -OCH3 is 1. The van der Waals surface area contributed by atoms with Crippen LogP contribution in [0, 0.1) is 0 Å². The van der Waals surface area contributed by atoms with Crippen LogP contribution in [0.25, 0.3) is 0 Å². The molecule has 1 N–H and O–H groups in total. The molecule has 0 fully saturated rings. The third kappa shape index (κ3) is 6.63. The van der Waals surface area contributed by atoms with Crippen molar-refractivity contribution >= 4 is 28.1 Å². The van der Waals surface area contributed by atoms with Gasteiger partial charge in [0.05, 0.1) is 13.3 Å². The van der Waals surface area contributed by atoms with Crippen LogP contribution in [0.3, 0.4) is 0 Å². The maximum Gasteiger partial charge on any atom is 0.277 e. The lowest BCUT2D eigenvalue weighted by atomic mass is 10.2. The van der Waals surface area contributed by atoms with Gasteiger partial charge in [-0.2, -0.15) is 5.10 Å². The van der Waals surface area contributed by atoms with E-state index in [-0.39, 0.29) is 12.5 Å². The van der Waals surface area contributed by atoms with E-state index in [2.05, 4.69) is 26.5 Å². The Bertz CT molecular complexity index is 992. The van der Waals surface area contributed by atoms with Crippen LogP contribution < -0.4 is 19.6 Å². The molecular weight excluding hydrogens is 448 g/mol. The number of hydrogen-bond acceptors (Lipinski definition) is 5. The molecule has 3 aromatic carbocycles. The highest BCUT2D eigenvalue weighted by atomic mass is 79.9. The topological polar surface area (TPSA) is 69.2 Å². The van der Waals surface area contributed by atoms with Gasteiger partial charge in [0.2, 0.25) is 0 Å². The van der Waals surface area contributed by atoms with Crippen LogP contribution in [0.2, 0.25) is 0 Å². The second-order valence-electron chi connectivity index (χ2n) is 6.21. The number of ether oxygens (including phenoxy) is 3. The van der Waals surface area contributed by atoms with Crippen LogP contribution >= 0.6 is 15.9 Å². The highest BCUT2D eigenvalue weighted by Gasteiger charge is 2.04. The van der Waals surface area contributed by atoms with Crippen molar-refractivity contribution in [3.8, 4) is 17.2 Å². The number of rotatable bonds is 9. The lowest BCUT2D eigenvalue weighted by Crippen LogP contribution is -2.24. The van der Waals surface area contributed by atoms with Gasteiger partial charge in [0.25, 0.3) is 5.91 Å². The molecule has 0 heterocycles. The van der Waals surface area contributed by atoms with Gasteiger partial charge in [-0.15, -0.1) is 0 Å². The molecular formula is C23H21BrN2O4. The normalized spacial score (nSPS) is 10.6. The summed E-state index contributed by atoms with van der Waals surface area (Å²) in [5.74, 6) is 1.63. The van der Waals surface area contributed by atoms with Crippen molar-refractivity contribution in [3.63, 3.8) is 0 Å². The second-order valence-corrected chi connectivity index (χ2v) is 7.07. The molecule has 0 saturated carbocycles. The fraction of sp³-hybridized carbons (Fsp3) is 0.130. The Morgan fingerprint density at radius 2 is 1.63 bits per heavy atom. The number of nitrogens with one attached hydrogen (secondary N) is 1. The number of carbonyl (C=O) groups excluding carboxylic acids is 1. The van der Waals surface area contributed by atoms with Gasteiger partial charge in [0, 0.05) is 10.0 Å². The first-order valence-corrected chi connectivity index (χ1v) is 9.98. The number of hydrogen-bond donors (Lipinski definition) is 1. The van der Waals surface area contributed by atoms with Gasteiger partial charge in [0.1, 0.15) is 23.9 Å². The number of amides is 1. The van der Waals surface area contributed by atoms with Gasteiger partial charge in [-0.05, 0) is 48.0 Å². The van der Waals surface area contributed by atoms with Crippen molar-refractivity contribution in [2.45, 2.75) is 6.61 Å². The average molecular weight is 469 g/mol. The standard InChI is InChI=1S/C23H21BrN2O4/c1-28-21-11-12-22(24)18(13-21)14-25-26-23(27)16-30-20-9-7-19(8-10-20)29-15-17-5-3-2-4-6-17/h2-14H,15-16H2,1H3,(H,26,27)/b25-14+. The Balaban J connectivity index is 1.43. The van der Waals surface area contributed by atoms with Gasteiger partial charge in [-0.1, -0.05) is 46.3 Å². The summed E-state index contributed by atoms with van der Waals surface area (Å²) in [7, 11) is 1.59. The van der Waals surface area contributed by atoms with E-state index in [1.807, 2.05) is 42.5 Å². The summed E-state index contributed by atoms with van der Waals surface area (Å²) in [4.78, 5) is 11.9. The van der Waals surface area contributed by atoms with Crippen molar-refractivity contribution < 1.29 is 19.0 Å². The van der Waals surface area contributed by atoms with E-state index in [1.54, 1.807) is 37.4 Å². The summed E-state index contributed by atoms with van der Waals surface area (Å²) in [6.45, 7) is 0.339. The molecule has 0 atom stereocenters. The first-order chi connectivity index (χ1) is 14.6. The van der Waals surface area contributed by atoms with E-state index in [0.717, 1.165) is 21.3 Å². The van der Waals surface area contributed by atoms with Gasteiger partial charge in [-0.3, -0.25) is 4.79 Å². The molecule has 1 amide bonds. The van der Waals surface area contributed by atoms with Crippen LogP contribution in [0.15, 0.2) is 82.4 Å². The molecule has 0 aromatic heterocycles. The third-order valence-corrected chi connectivity index (χ3v) is 4.76. The Kier molecular flexibility index (Phi) is 7.86. The van der Waals surface area contributed by atoms with Crippen molar-refractivity contribution in [2.75, 3.05) is 13.7 Å². The maximum absolute atomic E-state index is 11.9. The number of halogens is 1. The van der Waals surface area contributed by atoms with Crippen molar-refractivity contribution in [2.24, 2.45) is 5.10 Å². The quantitative estimate of drug-likeness (QED) is 0.369. The van der Waals surface area contributed by atoms with Crippen molar-refractivity contribution in [1.82, 2.24) is 5.43 Å². The van der Waals surface area contributed by atoms with E-state index in [9.17, 15) is 4.79 Å². The first kappa shape index (κ1) is 21.4. The molecule has 0 aliphatic carbocycles. The van der Waals surface area contributed by atoms with Crippen molar-refractivity contribution in [3.05, 3.63) is 88.4 Å². The summed E-state index contributed by atoms with van der Waals surface area (Å²) >= 11 is 3.42. The smallest absolute Gasteiger partial charge is 0.277 e. The molecule has 30 heavy (non-hydrogen) atoms. The van der Waals surface area contributed by atoms with Gasteiger partial charge >= 0.3 is 0 Å². The fourth-order valence-corrected chi connectivity index (χ4v) is 2.82. The van der Waals surface area contributed by atoms with Crippen LogP contribution in [0.5, 0.6) is 17.2 Å². The molecule has 154 valence electrons. The largest absolute Gasteiger partial charge is 0.497 e. The molecule has 3 aromatic rings. The average Bonchev–Trinajstić information content (AvgIpc) is 2.79. The predicted molar refractivity (Wildman–Crippen MR) is 119 cm³/mol.